The summed E-state index contributed by atoms with van der Waals surface area (Å²) in [5, 5.41) is 20.7. The van der Waals surface area contributed by atoms with E-state index in [1.54, 1.807) is 0 Å². The molecule has 0 bridgehead atoms. The van der Waals surface area contributed by atoms with E-state index in [1.165, 1.54) is 0 Å². The molecule has 0 fully saturated rings. The molecule has 5 N–H and O–H groups in total. The number of anilines is 1. The van der Waals surface area contributed by atoms with E-state index < -0.39 is 70.2 Å². The molecule has 0 unspecified atom stereocenters. The van der Waals surface area contributed by atoms with Gasteiger partial charge >= 0.3 is 12.5 Å². The van der Waals surface area contributed by atoms with Gasteiger partial charge in [-0.2, -0.15) is 13.2 Å². The fourth-order valence-electron chi connectivity index (χ4n) is 3.04. The van der Waals surface area contributed by atoms with E-state index >= 15 is 4.39 Å². The van der Waals surface area contributed by atoms with Crippen molar-refractivity contribution in [3.05, 3.63) is 71.3 Å². The maximum absolute atomic E-state index is 15.1. The Kier molecular flexibility index (Phi) is 8.16. The minimum Gasteiger partial charge on any atom is -0.453 e. The minimum atomic E-state index is -5.29. The molecule has 3 rings (SSSR count). The molecule has 0 saturated carbocycles. The van der Waals surface area contributed by atoms with Crippen LogP contribution in [0.3, 0.4) is 0 Å². The van der Waals surface area contributed by atoms with Crippen molar-refractivity contribution in [1.29, 1.82) is 0 Å². The van der Waals surface area contributed by atoms with Gasteiger partial charge in [0.1, 0.15) is 22.8 Å². The van der Waals surface area contributed by atoms with Crippen molar-refractivity contribution in [3.8, 4) is 23.0 Å². The molecule has 40 heavy (non-hydrogen) atoms. The average molecular weight is 575 g/mol. The molecule has 0 spiro atoms. The highest BCUT2D eigenvalue weighted by atomic mass is 19.4. The zero-order valence-electron chi connectivity index (χ0n) is 19.3. The van der Waals surface area contributed by atoms with Crippen LogP contribution in [0.25, 0.3) is 0 Å². The molecule has 0 aliphatic rings. The van der Waals surface area contributed by atoms with Gasteiger partial charge in [-0.3, -0.25) is 14.6 Å². The van der Waals surface area contributed by atoms with E-state index in [9.17, 15) is 46.1 Å². The second-order valence-corrected chi connectivity index (χ2v) is 7.57. The number of hydrogen-bond acceptors (Lipinski definition) is 8. The topological polar surface area (TPSA) is 153 Å². The highest BCUT2D eigenvalue weighted by Crippen LogP contribution is 2.41. The van der Waals surface area contributed by atoms with E-state index in [0.29, 0.717) is 24.3 Å². The number of hydrogen-bond donors (Lipinski definition) is 4. The van der Waals surface area contributed by atoms with Crippen LogP contribution in [0.1, 0.15) is 26.4 Å². The van der Waals surface area contributed by atoms with Gasteiger partial charge in [0.15, 0.2) is 17.3 Å². The second kappa shape index (κ2) is 10.9. The highest BCUT2D eigenvalue weighted by Gasteiger charge is 2.38. The number of nitrogens with zero attached hydrogens (tertiary/aromatic N) is 1. The van der Waals surface area contributed by atoms with E-state index in [1.807, 2.05) is 5.32 Å². The van der Waals surface area contributed by atoms with E-state index in [0.717, 1.165) is 18.3 Å². The normalized spacial score (nSPS) is 12.0. The first-order valence-corrected chi connectivity index (χ1v) is 10.3. The third-order valence-corrected chi connectivity index (χ3v) is 4.54. The molecule has 18 heteroatoms. The number of aromatic nitrogens is 1. The largest absolute Gasteiger partial charge is 0.573 e. The Bertz CT molecular complexity index is 1440. The summed E-state index contributed by atoms with van der Waals surface area (Å²) in [6.07, 6.45) is -9.49. The van der Waals surface area contributed by atoms with Crippen LogP contribution in [-0.4, -0.2) is 47.1 Å². The first kappa shape index (κ1) is 30.0. The van der Waals surface area contributed by atoms with E-state index in [4.69, 9.17) is 18.3 Å². The molecule has 2 amide bonds. The summed E-state index contributed by atoms with van der Waals surface area (Å²) in [4.78, 5) is 27.8. The Hall–Kier alpha value is -4.58. The summed E-state index contributed by atoms with van der Waals surface area (Å²) in [7, 11) is 4.88. The molecule has 0 saturated heterocycles. The van der Waals surface area contributed by atoms with Crippen LogP contribution >= 0.6 is 0 Å². The molecule has 2 aromatic carbocycles. The van der Waals surface area contributed by atoms with Crippen LogP contribution in [0.15, 0.2) is 48.7 Å². The number of ether oxygens (including phenoxy) is 3. The molecule has 10 nitrogen and oxygen atoms in total. The number of aliphatic hydroxyl groups is 2. The van der Waals surface area contributed by atoms with Crippen LogP contribution in [-0.2, 0) is 6.18 Å². The van der Waals surface area contributed by atoms with Gasteiger partial charge in [-0.15, -0.1) is 13.2 Å². The van der Waals surface area contributed by atoms with Gasteiger partial charge in [0, 0.05) is 18.0 Å². The summed E-state index contributed by atoms with van der Waals surface area (Å²) in [6.45, 7) is 0. The molecule has 2 radical (unpaired) electrons. The van der Waals surface area contributed by atoms with Gasteiger partial charge in [-0.25, -0.2) is 4.39 Å². The van der Waals surface area contributed by atoms with Crippen molar-refractivity contribution < 1.29 is 64.7 Å². The average Bonchev–Trinajstić information content (AvgIpc) is 2.78. The van der Waals surface area contributed by atoms with Crippen LogP contribution in [0.2, 0.25) is 0 Å². The van der Waals surface area contributed by atoms with E-state index in [2.05, 4.69) is 14.5 Å². The zero-order valence-corrected chi connectivity index (χ0v) is 19.3. The predicted molar refractivity (Wildman–Crippen MR) is 119 cm³/mol. The summed E-state index contributed by atoms with van der Waals surface area (Å²) in [5.74, 6) is -11.9. The number of nitrogens with one attached hydrogen (secondary N) is 1. The maximum atomic E-state index is 15.1. The molecule has 210 valence electrons. The number of nitrogens with two attached hydrogens (primary N) is 1. The summed E-state index contributed by atoms with van der Waals surface area (Å²) in [5.41, 5.74) is 1.22. The first-order chi connectivity index (χ1) is 18.3. The Morgan fingerprint density at radius 3 is 2.15 bits per heavy atom. The molecule has 0 atom stereocenters. The molecule has 1 heterocycles. The fraction of sp³-hybridized carbons (Fsp3) is 0.136. The fourth-order valence-corrected chi connectivity index (χ4v) is 3.04. The van der Waals surface area contributed by atoms with Crippen molar-refractivity contribution in [2.75, 3.05) is 5.32 Å². The number of carbonyl (C=O) groups is 2. The third-order valence-electron chi connectivity index (χ3n) is 4.54. The Morgan fingerprint density at radius 1 is 0.925 bits per heavy atom. The Labute approximate surface area is 219 Å². The van der Waals surface area contributed by atoms with Crippen LogP contribution in [0.5, 0.6) is 23.0 Å². The third kappa shape index (κ3) is 7.73. The zero-order chi connectivity index (χ0) is 30.0. The van der Waals surface area contributed by atoms with Gasteiger partial charge in [0.05, 0.1) is 5.56 Å². The quantitative estimate of drug-likeness (QED) is 0.181. The lowest BCUT2D eigenvalue weighted by molar-refractivity contribution is -0.274. The van der Waals surface area contributed by atoms with Gasteiger partial charge in [0.25, 0.3) is 17.7 Å². The molecular weight excluding hydrogens is 562 g/mol. The van der Waals surface area contributed by atoms with Gasteiger partial charge in [-0.05, 0) is 36.4 Å². The van der Waals surface area contributed by atoms with Gasteiger partial charge in [-0.1, -0.05) is 0 Å². The SMILES string of the molecule is [B]C(O)(O)Oc1cc(OC(F)(F)F)ccc1Oc1ccc(C(F)(F)F)c(F)c1C(=O)Nc1ccnc(C(N)=O)c1. The van der Waals surface area contributed by atoms with Gasteiger partial charge < -0.3 is 35.5 Å². The van der Waals surface area contributed by atoms with Crippen LogP contribution < -0.4 is 25.3 Å². The van der Waals surface area contributed by atoms with Crippen molar-refractivity contribution >= 4 is 25.3 Å². The molecule has 3 aromatic rings. The van der Waals surface area contributed by atoms with Crippen molar-refractivity contribution in [3.63, 3.8) is 0 Å². The molecule has 0 aliphatic heterocycles. The maximum Gasteiger partial charge on any atom is 0.573 e. The number of rotatable bonds is 8. The lowest BCUT2D eigenvalue weighted by Crippen LogP contribution is -2.35. The number of alkyl halides is 6. The van der Waals surface area contributed by atoms with Gasteiger partial charge in [0.2, 0.25) is 7.85 Å². The Morgan fingerprint density at radius 2 is 1.57 bits per heavy atom. The first-order valence-electron chi connectivity index (χ1n) is 10.3. The number of benzene rings is 2. The van der Waals surface area contributed by atoms with Crippen molar-refractivity contribution in [1.82, 2.24) is 4.98 Å². The second-order valence-electron chi connectivity index (χ2n) is 7.57. The Balaban J connectivity index is 2.11. The summed E-state index contributed by atoms with van der Waals surface area (Å²) >= 11 is 0. The predicted octanol–water partition coefficient (Wildman–Crippen LogP) is 3.42. The molecular formula is C22H13BF7N3O7. The standard InChI is InChI=1S/C22H13BF7N3O7/c23-21(36,37)40-15-8-10(39-22(28,29)30)1-3-13(15)38-14-4-2-11(20(25,26)27)17(24)16(14)19(35)33-9-5-6-32-12(7-9)18(31)34/h1-8,36-37H,(H2,31,34)(H,32,33,35). The molecule has 0 aliphatic carbocycles. The number of primary amides is 1. The number of halogens is 7. The van der Waals surface area contributed by atoms with E-state index in [-0.39, 0.29) is 17.4 Å². The lowest BCUT2D eigenvalue weighted by Gasteiger charge is -2.22. The number of carbonyl (C=O) groups excluding carboxylic acids is 2. The summed E-state index contributed by atoms with van der Waals surface area (Å²) in [6, 6.07) is 4.39. The lowest BCUT2D eigenvalue weighted by atomic mass is 10.1. The van der Waals surface area contributed by atoms with Crippen LogP contribution in [0.4, 0.5) is 36.4 Å². The summed E-state index contributed by atoms with van der Waals surface area (Å²) < 4.78 is 106. The highest BCUT2D eigenvalue weighted by molar-refractivity contribution is 6.12. The monoisotopic (exact) mass is 575 g/mol. The minimum absolute atomic E-state index is 0.200. The number of amides is 2. The smallest absolute Gasteiger partial charge is 0.453 e. The number of pyridine rings is 1. The molecule has 1 aromatic heterocycles. The van der Waals surface area contributed by atoms with Crippen LogP contribution in [0, 0.1) is 5.82 Å². The van der Waals surface area contributed by atoms with Crippen molar-refractivity contribution in [2.45, 2.75) is 18.4 Å². The van der Waals surface area contributed by atoms with Crippen molar-refractivity contribution in [2.24, 2.45) is 5.73 Å².